The van der Waals surface area contributed by atoms with E-state index in [2.05, 4.69) is 27.7 Å². The zero-order chi connectivity index (χ0) is 40.1. The molecule has 5 aliphatic carbocycles. The van der Waals surface area contributed by atoms with Crippen LogP contribution in [-0.4, -0.2) is 35.1 Å². The normalized spacial score (nSPS) is 39.4. The highest BCUT2D eigenvalue weighted by Crippen LogP contribution is 2.75. The summed E-state index contributed by atoms with van der Waals surface area (Å²) < 4.78 is 36.9. The minimum absolute atomic E-state index is 0.0173. The molecule has 14 heteroatoms. The first-order chi connectivity index (χ1) is 25.6. The van der Waals surface area contributed by atoms with Crippen LogP contribution in [0.1, 0.15) is 122 Å². The fraction of sp³-hybridized carbons (Fsp3) is 0.707. The van der Waals surface area contributed by atoms with Crippen molar-refractivity contribution in [3.63, 3.8) is 0 Å². The number of esters is 1. The summed E-state index contributed by atoms with van der Waals surface area (Å²) >= 11 is 0. The van der Waals surface area contributed by atoms with Crippen LogP contribution < -0.4 is 11.6 Å². The first kappa shape index (κ1) is 38.9. The van der Waals surface area contributed by atoms with Crippen LogP contribution in [0.4, 0.5) is 4.79 Å². The van der Waals surface area contributed by atoms with Gasteiger partial charge in [-0.1, -0.05) is 33.3 Å². The fourth-order valence-corrected chi connectivity index (χ4v) is 12.1. The number of allylic oxidation sites excluding steroid dienone is 2. The van der Waals surface area contributed by atoms with Crippen LogP contribution in [0.15, 0.2) is 38.9 Å². The Morgan fingerprint density at radius 1 is 0.782 bits per heavy atom. The van der Waals surface area contributed by atoms with E-state index in [9.17, 15) is 33.9 Å². The fourth-order valence-electron chi connectivity index (χ4n) is 12.1. The van der Waals surface area contributed by atoms with Gasteiger partial charge < -0.3 is 37.0 Å². The number of hydrogen-bond acceptors (Lipinski definition) is 13. The summed E-state index contributed by atoms with van der Waals surface area (Å²) in [6, 6.07) is 0. The van der Waals surface area contributed by atoms with Crippen molar-refractivity contribution in [3.8, 4) is 0 Å². The molecule has 0 amide bonds. The Kier molecular flexibility index (Phi) is 9.08. The van der Waals surface area contributed by atoms with E-state index in [1.54, 1.807) is 6.92 Å². The second kappa shape index (κ2) is 12.8. The monoisotopic (exact) mass is 768 g/mol. The quantitative estimate of drug-likeness (QED) is 0.277. The molecule has 0 aromatic carbocycles. The van der Waals surface area contributed by atoms with Crippen molar-refractivity contribution in [2.24, 2.45) is 50.2 Å². The Morgan fingerprint density at radius 2 is 1.38 bits per heavy atom. The maximum absolute atomic E-state index is 14.9. The Labute approximate surface area is 318 Å². The van der Waals surface area contributed by atoms with Crippen molar-refractivity contribution < 1.29 is 56.2 Å². The van der Waals surface area contributed by atoms with Gasteiger partial charge in [0.25, 0.3) is 0 Å². The standard InChI is InChI=1S/C41H52O14/c1-21-26(53-34(47)51-21)19-49-32(45)41(8)28-9-12-40(7)30(38(28,5)11-10-29(41)55-33(46)50-20-27-22(2)52-35(48)54-27)25(42)17-23-24-18-37(4,31(43)44)14-13-36(24,3)15-16-39(23,40)6/h17,24,28-30H,9-16,18-20H2,1-8H3,(H,43,44)/t24-,28+,29-,30+,36+,37-,38-,39+,40+,41-/m0/s1. The molecular formula is C41H52O14. The lowest BCUT2D eigenvalue weighted by molar-refractivity contribution is -0.220. The summed E-state index contributed by atoms with van der Waals surface area (Å²) in [6.45, 7) is 14.5. The number of aliphatic carboxylic acids is 1. The van der Waals surface area contributed by atoms with Gasteiger partial charge in [0.15, 0.2) is 42.0 Å². The lowest BCUT2D eigenvalue weighted by atomic mass is 9.33. The summed E-state index contributed by atoms with van der Waals surface area (Å²) in [5.41, 5.74) is -3.05. The van der Waals surface area contributed by atoms with Crippen molar-refractivity contribution in [1.29, 1.82) is 0 Å². The molecule has 7 rings (SSSR count). The summed E-state index contributed by atoms with van der Waals surface area (Å²) in [7, 11) is 0. The molecule has 0 bridgehead atoms. The third kappa shape index (κ3) is 5.78. The van der Waals surface area contributed by atoms with Crippen molar-refractivity contribution in [2.45, 2.75) is 132 Å². The van der Waals surface area contributed by atoms with Crippen LogP contribution in [0.2, 0.25) is 0 Å². The minimum atomic E-state index is -1.48. The van der Waals surface area contributed by atoms with Crippen molar-refractivity contribution in [1.82, 2.24) is 0 Å². The average Bonchev–Trinajstić information content (AvgIpc) is 3.62. The van der Waals surface area contributed by atoms with Crippen LogP contribution >= 0.6 is 0 Å². The lowest BCUT2D eigenvalue weighted by Gasteiger charge is -2.70. The highest BCUT2D eigenvalue weighted by Gasteiger charge is 2.72. The maximum atomic E-state index is 14.9. The van der Waals surface area contributed by atoms with Gasteiger partial charge in [-0.25, -0.2) is 14.4 Å². The molecule has 0 radical (unpaired) electrons. The van der Waals surface area contributed by atoms with Crippen LogP contribution in [0.3, 0.4) is 0 Å². The lowest BCUT2D eigenvalue weighted by Crippen LogP contribution is -2.68. The molecule has 14 nitrogen and oxygen atoms in total. The molecule has 4 saturated carbocycles. The third-order valence-corrected chi connectivity index (χ3v) is 15.7. The van der Waals surface area contributed by atoms with Crippen LogP contribution in [0.25, 0.3) is 0 Å². The summed E-state index contributed by atoms with van der Waals surface area (Å²) in [4.78, 5) is 78.5. The van der Waals surface area contributed by atoms with Gasteiger partial charge in [0.1, 0.15) is 11.5 Å². The first-order valence-corrected chi connectivity index (χ1v) is 19.3. The second-order valence-corrected chi connectivity index (χ2v) is 18.5. The van der Waals surface area contributed by atoms with Gasteiger partial charge in [0, 0.05) is 5.92 Å². The molecular weight excluding hydrogens is 716 g/mol. The van der Waals surface area contributed by atoms with E-state index in [-0.39, 0.29) is 46.6 Å². The van der Waals surface area contributed by atoms with E-state index in [1.807, 2.05) is 13.0 Å². The van der Waals surface area contributed by atoms with E-state index in [0.29, 0.717) is 32.1 Å². The third-order valence-electron chi connectivity index (χ3n) is 15.7. The smallest absolute Gasteiger partial charge is 0.481 e. The largest absolute Gasteiger partial charge is 0.519 e. The van der Waals surface area contributed by atoms with Gasteiger partial charge in [0.05, 0.1) is 5.41 Å². The highest BCUT2D eigenvalue weighted by atomic mass is 16.7. The van der Waals surface area contributed by atoms with Gasteiger partial charge in [-0.3, -0.25) is 14.4 Å². The minimum Gasteiger partial charge on any atom is -0.481 e. The van der Waals surface area contributed by atoms with Gasteiger partial charge in [0.2, 0.25) is 0 Å². The molecule has 0 spiro atoms. The Hall–Kier alpha value is -4.36. The van der Waals surface area contributed by atoms with Crippen LogP contribution in [-0.2, 0) is 41.8 Å². The van der Waals surface area contributed by atoms with E-state index in [0.717, 1.165) is 24.8 Å². The van der Waals surface area contributed by atoms with Crippen molar-refractivity contribution in [3.05, 3.63) is 55.9 Å². The molecule has 55 heavy (non-hydrogen) atoms. The Bertz CT molecular complexity index is 2080. The molecule has 0 saturated heterocycles. The number of carbonyl (C=O) groups excluding carboxylic acids is 3. The predicted molar refractivity (Wildman–Crippen MR) is 190 cm³/mol. The molecule has 5 aliphatic rings. The topological polar surface area (TPSA) is 203 Å². The molecule has 300 valence electrons. The number of fused-ring (bicyclic) bond motifs is 7. The van der Waals surface area contributed by atoms with E-state index in [4.69, 9.17) is 31.9 Å². The molecule has 1 N–H and O–H groups in total. The van der Waals surface area contributed by atoms with E-state index < -0.39 is 88.0 Å². The van der Waals surface area contributed by atoms with E-state index in [1.165, 1.54) is 13.8 Å². The van der Waals surface area contributed by atoms with Crippen LogP contribution in [0, 0.1) is 64.1 Å². The van der Waals surface area contributed by atoms with Gasteiger partial charge in [-0.05, 0) is 125 Å². The highest BCUT2D eigenvalue weighted by molar-refractivity contribution is 5.96. The summed E-state index contributed by atoms with van der Waals surface area (Å²) in [6.07, 6.45) is 5.12. The number of carboxylic acid groups (broad SMARTS) is 1. The second-order valence-electron chi connectivity index (χ2n) is 18.5. The number of rotatable bonds is 7. The van der Waals surface area contributed by atoms with Gasteiger partial charge >= 0.3 is 29.7 Å². The number of carboxylic acids is 1. The SMILES string of the molecule is Cc1oc(=O)oc1COC(=O)O[C@H]1CC[C@@]2(C)[C@@H](CC[C@]3(C)[C@@H]2C(=O)C=C2[C@@H]4C[C@@](C)(C(=O)O)CC[C@]4(C)CC[C@]23C)[C@]1(C)C(=O)OCc1oc(=O)oc1C. The summed E-state index contributed by atoms with van der Waals surface area (Å²) in [5.74, 6) is -4.04. The zero-order valence-corrected chi connectivity index (χ0v) is 32.9. The first-order valence-electron chi connectivity index (χ1n) is 19.3. The number of aryl methyl sites for hydroxylation is 2. The number of ketones is 1. The summed E-state index contributed by atoms with van der Waals surface area (Å²) in [5, 5.41) is 10.3. The van der Waals surface area contributed by atoms with Crippen LogP contribution in [0.5, 0.6) is 0 Å². The van der Waals surface area contributed by atoms with Gasteiger partial charge in [-0.15, -0.1) is 0 Å². The molecule has 0 aliphatic heterocycles. The molecule has 10 atom stereocenters. The number of hydrogen-bond donors (Lipinski definition) is 1. The van der Waals surface area contributed by atoms with Crippen molar-refractivity contribution >= 4 is 23.9 Å². The Balaban J connectivity index is 1.23. The average molecular weight is 769 g/mol. The van der Waals surface area contributed by atoms with Crippen molar-refractivity contribution in [2.75, 3.05) is 0 Å². The molecule has 2 aromatic heterocycles. The Morgan fingerprint density at radius 3 is 1.96 bits per heavy atom. The molecule has 0 unspecified atom stereocenters. The number of ether oxygens (including phenoxy) is 3. The van der Waals surface area contributed by atoms with E-state index >= 15 is 0 Å². The predicted octanol–water partition coefficient (Wildman–Crippen LogP) is 7.21. The molecule has 2 aromatic rings. The van der Waals surface area contributed by atoms with Gasteiger partial charge in [-0.2, -0.15) is 0 Å². The zero-order valence-electron chi connectivity index (χ0n) is 32.9. The number of carbonyl (C=O) groups is 4. The maximum Gasteiger partial charge on any atom is 0.519 e. The molecule has 2 heterocycles. The molecule has 4 fully saturated rings.